The summed E-state index contributed by atoms with van der Waals surface area (Å²) in [7, 11) is 0. The van der Waals surface area contributed by atoms with Gasteiger partial charge in [0, 0.05) is 16.3 Å². The number of aromatic nitrogens is 2. The number of nitrogen functional groups attached to an aromatic ring is 1. The van der Waals surface area contributed by atoms with Crippen molar-refractivity contribution in [2.24, 2.45) is 0 Å². The molecule has 1 heterocycles. The van der Waals surface area contributed by atoms with Gasteiger partial charge < -0.3 is 5.73 Å². The second-order valence-electron chi connectivity index (χ2n) is 3.78. The smallest absolute Gasteiger partial charge is 0.135 e. The zero-order chi connectivity index (χ0) is 11.0. The van der Waals surface area contributed by atoms with E-state index in [1.165, 1.54) is 0 Å². The Morgan fingerprint density at radius 1 is 1.27 bits per heavy atom. The van der Waals surface area contributed by atoms with Gasteiger partial charge in [0.2, 0.25) is 0 Å². The van der Waals surface area contributed by atoms with Gasteiger partial charge in [0.1, 0.15) is 11.6 Å². The Kier molecular flexibility index (Phi) is 2.49. The summed E-state index contributed by atoms with van der Waals surface area (Å²) in [6.07, 6.45) is 0. The summed E-state index contributed by atoms with van der Waals surface area (Å²) in [5.74, 6) is 1.53. The molecule has 0 saturated carbocycles. The largest absolute Gasteiger partial charge is 0.383 e. The molecule has 0 saturated heterocycles. The summed E-state index contributed by atoms with van der Waals surface area (Å²) in [6, 6.07) is 5.46. The maximum Gasteiger partial charge on any atom is 0.135 e. The minimum Gasteiger partial charge on any atom is -0.383 e. The molecule has 0 aliphatic rings. The van der Waals surface area contributed by atoms with E-state index in [-0.39, 0.29) is 5.92 Å². The van der Waals surface area contributed by atoms with Crippen molar-refractivity contribution < 1.29 is 0 Å². The molecule has 2 N–H and O–H groups in total. The highest BCUT2D eigenvalue weighted by Gasteiger charge is 2.08. The van der Waals surface area contributed by atoms with Crippen LogP contribution in [0.5, 0.6) is 0 Å². The molecule has 1 aromatic heterocycles. The molecule has 0 unspecified atom stereocenters. The molecule has 0 amide bonds. The van der Waals surface area contributed by atoms with Crippen molar-refractivity contribution in [2.45, 2.75) is 19.8 Å². The molecule has 3 nitrogen and oxygen atoms in total. The Hall–Kier alpha value is -1.35. The molecule has 1 aromatic carbocycles. The zero-order valence-corrected chi connectivity index (χ0v) is 9.42. The summed E-state index contributed by atoms with van der Waals surface area (Å²) in [4.78, 5) is 8.68. The summed E-state index contributed by atoms with van der Waals surface area (Å²) < 4.78 is 0. The number of anilines is 1. The van der Waals surface area contributed by atoms with Gasteiger partial charge in [-0.25, -0.2) is 9.97 Å². The molecule has 0 spiro atoms. The minimum absolute atomic E-state index is 0.271. The van der Waals surface area contributed by atoms with E-state index in [0.717, 1.165) is 16.7 Å². The SMILES string of the molecule is CC(C)c1nc(N)c2cc(Cl)ccc2n1. The van der Waals surface area contributed by atoms with E-state index < -0.39 is 0 Å². The maximum atomic E-state index is 5.88. The van der Waals surface area contributed by atoms with Crippen LogP contribution in [0.15, 0.2) is 18.2 Å². The van der Waals surface area contributed by atoms with Crippen LogP contribution >= 0.6 is 11.6 Å². The molecule has 2 aromatic rings. The van der Waals surface area contributed by atoms with Crippen LogP contribution in [0.1, 0.15) is 25.6 Å². The predicted octanol–water partition coefficient (Wildman–Crippen LogP) is 2.99. The maximum absolute atomic E-state index is 5.88. The molecule has 0 fully saturated rings. The third-order valence-electron chi connectivity index (χ3n) is 2.22. The Morgan fingerprint density at radius 2 is 2.00 bits per heavy atom. The Labute approximate surface area is 93.3 Å². The number of nitrogens with two attached hydrogens (primary N) is 1. The first-order valence-corrected chi connectivity index (χ1v) is 5.18. The van der Waals surface area contributed by atoms with Crippen LogP contribution in [0.2, 0.25) is 5.02 Å². The third-order valence-corrected chi connectivity index (χ3v) is 2.46. The van der Waals surface area contributed by atoms with Gasteiger partial charge in [-0.2, -0.15) is 0 Å². The highest BCUT2D eigenvalue weighted by atomic mass is 35.5. The van der Waals surface area contributed by atoms with Crippen molar-refractivity contribution in [1.29, 1.82) is 0 Å². The lowest BCUT2D eigenvalue weighted by Crippen LogP contribution is -2.02. The average Bonchev–Trinajstić information content (AvgIpc) is 2.18. The molecular weight excluding hydrogens is 210 g/mol. The molecule has 15 heavy (non-hydrogen) atoms. The predicted molar refractivity (Wildman–Crippen MR) is 63.0 cm³/mol. The van der Waals surface area contributed by atoms with Gasteiger partial charge >= 0.3 is 0 Å². The van der Waals surface area contributed by atoms with Crippen LogP contribution in [0.4, 0.5) is 5.82 Å². The number of halogens is 1. The molecule has 2 rings (SSSR count). The fraction of sp³-hybridized carbons (Fsp3) is 0.273. The highest BCUT2D eigenvalue weighted by Crippen LogP contribution is 2.23. The number of fused-ring (bicyclic) bond motifs is 1. The standard InChI is InChI=1S/C11H12ClN3/c1-6(2)11-14-9-4-3-7(12)5-8(9)10(13)15-11/h3-6H,1-2H3,(H2,13,14,15). The van der Waals surface area contributed by atoms with E-state index in [1.807, 2.05) is 19.9 Å². The number of rotatable bonds is 1. The molecule has 0 atom stereocenters. The average molecular weight is 222 g/mol. The van der Waals surface area contributed by atoms with Crippen LogP contribution < -0.4 is 5.73 Å². The second kappa shape index (κ2) is 3.66. The first kappa shape index (κ1) is 10.2. The Morgan fingerprint density at radius 3 is 2.67 bits per heavy atom. The summed E-state index contributed by atoms with van der Waals surface area (Å²) >= 11 is 5.88. The number of benzene rings is 1. The molecular formula is C11H12ClN3. The monoisotopic (exact) mass is 221 g/mol. The van der Waals surface area contributed by atoms with Crippen LogP contribution in [-0.2, 0) is 0 Å². The van der Waals surface area contributed by atoms with Crippen LogP contribution in [0, 0.1) is 0 Å². The third kappa shape index (κ3) is 1.88. The first-order valence-electron chi connectivity index (χ1n) is 4.80. The van der Waals surface area contributed by atoms with Crippen LogP contribution in [0.3, 0.4) is 0 Å². The molecule has 0 bridgehead atoms. The summed E-state index contributed by atoms with van der Waals surface area (Å²) in [6.45, 7) is 4.08. The van der Waals surface area contributed by atoms with E-state index in [1.54, 1.807) is 12.1 Å². The van der Waals surface area contributed by atoms with Crippen molar-refractivity contribution in [2.75, 3.05) is 5.73 Å². The molecule has 0 aliphatic carbocycles. The number of nitrogens with zero attached hydrogens (tertiary/aromatic N) is 2. The molecule has 4 heteroatoms. The molecule has 0 radical (unpaired) electrons. The van der Waals surface area contributed by atoms with E-state index >= 15 is 0 Å². The lowest BCUT2D eigenvalue weighted by Gasteiger charge is -2.07. The summed E-state index contributed by atoms with van der Waals surface area (Å²) in [5, 5.41) is 1.46. The van der Waals surface area contributed by atoms with Crippen molar-refractivity contribution >= 4 is 28.3 Å². The fourth-order valence-electron chi connectivity index (χ4n) is 1.40. The first-order chi connectivity index (χ1) is 7.08. The molecule has 0 aliphatic heterocycles. The second-order valence-corrected chi connectivity index (χ2v) is 4.22. The van der Waals surface area contributed by atoms with Gasteiger partial charge in [-0.3, -0.25) is 0 Å². The number of hydrogen-bond acceptors (Lipinski definition) is 3. The number of hydrogen-bond donors (Lipinski definition) is 1. The quantitative estimate of drug-likeness (QED) is 0.806. The van der Waals surface area contributed by atoms with Gasteiger partial charge in [-0.15, -0.1) is 0 Å². The van der Waals surface area contributed by atoms with E-state index in [0.29, 0.717) is 10.8 Å². The molecule has 78 valence electrons. The zero-order valence-electron chi connectivity index (χ0n) is 8.66. The topological polar surface area (TPSA) is 51.8 Å². The van der Waals surface area contributed by atoms with Crippen molar-refractivity contribution in [1.82, 2.24) is 9.97 Å². The van der Waals surface area contributed by atoms with E-state index in [4.69, 9.17) is 17.3 Å². The van der Waals surface area contributed by atoms with Crippen molar-refractivity contribution in [3.05, 3.63) is 29.0 Å². The van der Waals surface area contributed by atoms with E-state index in [9.17, 15) is 0 Å². The van der Waals surface area contributed by atoms with Gasteiger partial charge in [-0.1, -0.05) is 25.4 Å². The normalized spacial score (nSPS) is 11.2. The highest BCUT2D eigenvalue weighted by molar-refractivity contribution is 6.31. The van der Waals surface area contributed by atoms with Gasteiger partial charge in [0.25, 0.3) is 0 Å². The van der Waals surface area contributed by atoms with Gasteiger partial charge in [0.15, 0.2) is 0 Å². The fourth-order valence-corrected chi connectivity index (χ4v) is 1.57. The van der Waals surface area contributed by atoms with Crippen molar-refractivity contribution in [3.8, 4) is 0 Å². The lowest BCUT2D eigenvalue weighted by atomic mass is 10.2. The van der Waals surface area contributed by atoms with Crippen LogP contribution in [-0.4, -0.2) is 9.97 Å². The lowest BCUT2D eigenvalue weighted by molar-refractivity contribution is 0.785. The van der Waals surface area contributed by atoms with Gasteiger partial charge in [-0.05, 0) is 18.2 Å². The van der Waals surface area contributed by atoms with Crippen LogP contribution in [0.25, 0.3) is 10.9 Å². The van der Waals surface area contributed by atoms with Crippen molar-refractivity contribution in [3.63, 3.8) is 0 Å². The minimum atomic E-state index is 0.271. The summed E-state index contributed by atoms with van der Waals surface area (Å²) in [5.41, 5.74) is 6.70. The van der Waals surface area contributed by atoms with Gasteiger partial charge in [0.05, 0.1) is 5.52 Å². The Bertz CT molecular complexity index is 508. The Balaban J connectivity index is 2.73. The van der Waals surface area contributed by atoms with E-state index in [2.05, 4.69) is 9.97 Å².